The van der Waals surface area contributed by atoms with Gasteiger partial charge in [0.2, 0.25) is 0 Å². The number of hydrogen-bond donors (Lipinski definition) is 3. The lowest BCUT2D eigenvalue weighted by atomic mass is 10.1. The molecule has 0 bridgehead atoms. The zero-order valence-electron chi connectivity index (χ0n) is 12.2. The third kappa shape index (κ3) is 3.91. The van der Waals surface area contributed by atoms with E-state index < -0.39 is 5.97 Å². The second kappa shape index (κ2) is 6.85. The van der Waals surface area contributed by atoms with Gasteiger partial charge in [0.25, 0.3) is 0 Å². The molecular weight excluding hydrogens is 288 g/mol. The highest BCUT2D eigenvalue weighted by Gasteiger charge is 2.27. The van der Waals surface area contributed by atoms with E-state index in [1.807, 2.05) is 6.92 Å². The van der Waals surface area contributed by atoms with E-state index in [1.54, 1.807) is 17.8 Å². The van der Waals surface area contributed by atoms with Crippen LogP contribution in [0.2, 0.25) is 0 Å². The zero-order chi connectivity index (χ0) is 15.4. The van der Waals surface area contributed by atoms with Gasteiger partial charge < -0.3 is 15.7 Å². The zero-order valence-corrected chi connectivity index (χ0v) is 13.0. The molecule has 6 heteroatoms. The smallest absolute Gasteiger partial charge is 0.335 e. The normalized spacial score (nSPS) is 21.0. The fourth-order valence-corrected chi connectivity index (χ4v) is 3.52. The first-order valence-corrected chi connectivity index (χ1v) is 8.24. The molecule has 21 heavy (non-hydrogen) atoms. The Morgan fingerprint density at radius 3 is 2.76 bits per heavy atom. The maximum atomic E-state index is 12.1. The van der Waals surface area contributed by atoms with E-state index in [1.165, 1.54) is 12.1 Å². The number of benzene rings is 1. The van der Waals surface area contributed by atoms with E-state index >= 15 is 0 Å². The van der Waals surface area contributed by atoms with Crippen molar-refractivity contribution < 1.29 is 14.7 Å². The maximum Gasteiger partial charge on any atom is 0.335 e. The molecule has 0 radical (unpaired) electrons. The number of carbonyl (C=O) groups excluding carboxylic acids is 1. The number of thioether (sulfide) groups is 1. The molecule has 114 valence electrons. The molecule has 1 aliphatic rings. The van der Waals surface area contributed by atoms with Crippen LogP contribution in [-0.2, 0) is 0 Å². The Labute approximate surface area is 128 Å². The SMILES string of the molecule is CSC1CCCC1NC(=O)Nc1cc(C(=O)O)ccc1C. The Morgan fingerprint density at radius 1 is 1.33 bits per heavy atom. The van der Waals surface area contributed by atoms with Gasteiger partial charge in [0, 0.05) is 17.0 Å². The summed E-state index contributed by atoms with van der Waals surface area (Å²) >= 11 is 1.78. The predicted octanol–water partition coefficient (Wildman–Crippen LogP) is 3.10. The fraction of sp³-hybridized carbons (Fsp3) is 0.467. The van der Waals surface area contributed by atoms with Gasteiger partial charge in [-0.3, -0.25) is 0 Å². The van der Waals surface area contributed by atoms with Gasteiger partial charge in [0.1, 0.15) is 0 Å². The highest BCUT2D eigenvalue weighted by molar-refractivity contribution is 7.99. The molecule has 1 aromatic carbocycles. The minimum atomic E-state index is -1.00. The van der Waals surface area contributed by atoms with E-state index in [-0.39, 0.29) is 17.6 Å². The van der Waals surface area contributed by atoms with Gasteiger partial charge in [0.05, 0.1) is 5.56 Å². The number of urea groups is 1. The molecular formula is C15H20N2O3S. The number of carbonyl (C=O) groups is 2. The van der Waals surface area contributed by atoms with E-state index in [0.29, 0.717) is 10.9 Å². The minimum Gasteiger partial charge on any atom is -0.478 e. The van der Waals surface area contributed by atoms with E-state index in [9.17, 15) is 9.59 Å². The van der Waals surface area contributed by atoms with Crippen LogP contribution in [0.5, 0.6) is 0 Å². The van der Waals surface area contributed by atoms with Crippen LogP contribution in [0, 0.1) is 6.92 Å². The summed E-state index contributed by atoms with van der Waals surface area (Å²) in [4.78, 5) is 23.1. The van der Waals surface area contributed by atoms with E-state index in [0.717, 1.165) is 24.8 Å². The van der Waals surface area contributed by atoms with E-state index in [4.69, 9.17) is 5.11 Å². The molecule has 5 nitrogen and oxygen atoms in total. The molecule has 0 aromatic heterocycles. The topological polar surface area (TPSA) is 78.4 Å². The summed E-state index contributed by atoms with van der Waals surface area (Å²) in [6.45, 7) is 1.83. The van der Waals surface area contributed by atoms with Crippen molar-refractivity contribution in [2.75, 3.05) is 11.6 Å². The Bertz CT molecular complexity index is 548. The maximum absolute atomic E-state index is 12.1. The van der Waals surface area contributed by atoms with Crippen molar-refractivity contribution in [2.45, 2.75) is 37.5 Å². The van der Waals surface area contributed by atoms with Crippen LogP contribution in [0.3, 0.4) is 0 Å². The van der Waals surface area contributed by atoms with Crippen LogP contribution >= 0.6 is 11.8 Å². The average molecular weight is 308 g/mol. The number of hydrogen-bond acceptors (Lipinski definition) is 3. The lowest BCUT2D eigenvalue weighted by molar-refractivity contribution is 0.0697. The number of anilines is 1. The van der Waals surface area contributed by atoms with E-state index in [2.05, 4.69) is 16.9 Å². The first kappa shape index (κ1) is 15.7. The molecule has 2 amide bonds. The third-order valence-electron chi connectivity index (χ3n) is 3.80. The lowest BCUT2D eigenvalue weighted by Gasteiger charge is -2.20. The van der Waals surface area contributed by atoms with Crippen molar-refractivity contribution in [1.29, 1.82) is 0 Å². The second-order valence-electron chi connectivity index (χ2n) is 5.24. The number of amides is 2. The van der Waals surface area contributed by atoms with Gasteiger partial charge >= 0.3 is 12.0 Å². The minimum absolute atomic E-state index is 0.166. The van der Waals surface area contributed by atoms with Gasteiger partial charge in [-0.15, -0.1) is 0 Å². The van der Waals surface area contributed by atoms with Crippen LogP contribution in [0.25, 0.3) is 0 Å². The number of aromatic carboxylic acids is 1. The molecule has 2 atom stereocenters. The summed E-state index contributed by atoms with van der Waals surface area (Å²) in [6, 6.07) is 4.62. The van der Waals surface area contributed by atoms with Crippen molar-refractivity contribution in [3.63, 3.8) is 0 Å². The predicted molar refractivity (Wildman–Crippen MR) is 85.2 cm³/mol. The summed E-state index contributed by atoms with van der Waals surface area (Å²) in [7, 11) is 0. The molecule has 3 N–H and O–H groups in total. The summed E-state index contributed by atoms with van der Waals surface area (Å²) in [5, 5.41) is 15.2. The Balaban J connectivity index is 2.02. The molecule has 0 saturated heterocycles. The summed E-state index contributed by atoms with van der Waals surface area (Å²) in [5.74, 6) is -1.00. The lowest BCUT2D eigenvalue weighted by Crippen LogP contribution is -2.41. The van der Waals surface area contributed by atoms with Crippen molar-refractivity contribution in [3.8, 4) is 0 Å². The summed E-state index contributed by atoms with van der Waals surface area (Å²) in [5.41, 5.74) is 1.54. The van der Waals surface area contributed by atoms with Crippen LogP contribution in [0.15, 0.2) is 18.2 Å². The number of nitrogens with one attached hydrogen (secondary N) is 2. The van der Waals surface area contributed by atoms with Gasteiger partial charge in [-0.1, -0.05) is 12.5 Å². The molecule has 1 aromatic rings. The van der Waals surface area contributed by atoms with Crippen molar-refractivity contribution in [3.05, 3.63) is 29.3 Å². The number of carboxylic acid groups (broad SMARTS) is 1. The number of carboxylic acids is 1. The molecule has 2 rings (SSSR count). The highest BCUT2D eigenvalue weighted by atomic mass is 32.2. The second-order valence-corrected chi connectivity index (χ2v) is 6.32. The molecule has 0 heterocycles. The summed E-state index contributed by atoms with van der Waals surface area (Å²) in [6.07, 6.45) is 5.31. The van der Waals surface area contributed by atoms with Crippen LogP contribution in [0.4, 0.5) is 10.5 Å². The molecule has 0 aliphatic heterocycles. The summed E-state index contributed by atoms with van der Waals surface area (Å²) < 4.78 is 0. The Morgan fingerprint density at radius 2 is 2.10 bits per heavy atom. The quantitative estimate of drug-likeness (QED) is 0.798. The van der Waals surface area contributed by atoms with Crippen LogP contribution in [-0.4, -0.2) is 34.7 Å². The molecule has 2 unspecified atom stereocenters. The molecule has 1 aliphatic carbocycles. The Hall–Kier alpha value is -1.69. The van der Waals surface area contributed by atoms with Crippen molar-refractivity contribution >= 4 is 29.4 Å². The van der Waals surface area contributed by atoms with Gasteiger partial charge in [0.15, 0.2) is 0 Å². The number of aryl methyl sites for hydroxylation is 1. The monoisotopic (exact) mass is 308 g/mol. The van der Waals surface area contributed by atoms with Gasteiger partial charge in [-0.05, 0) is 43.7 Å². The Kier molecular flexibility index (Phi) is 5.12. The van der Waals surface area contributed by atoms with Crippen LogP contribution in [0.1, 0.15) is 35.2 Å². The first-order chi connectivity index (χ1) is 10.0. The molecule has 1 saturated carbocycles. The standard InChI is InChI=1S/C15H20N2O3S/c1-9-6-7-10(14(18)19)8-12(9)17-15(20)16-11-4-3-5-13(11)21-2/h6-8,11,13H,3-5H2,1-2H3,(H,18,19)(H2,16,17,20). The largest absolute Gasteiger partial charge is 0.478 e. The number of rotatable bonds is 4. The fourth-order valence-electron chi connectivity index (χ4n) is 2.59. The highest BCUT2D eigenvalue weighted by Crippen LogP contribution is 2.28. The van der Waals surface area contributed by atoms with Crippen LogP contribution < -0.4 is 10.6 Å². The van der Waals surface area contributed by atoms with Crippen molar-refractivity contribution in [1.82, 2.24) is 5.32 Å². The van der Waals surface area contributed by atoms with Crippen molar-refractivity contribution in [2.24, 2.45) is 0 Å². The molecule has 0 spiro atoms. The third-order valence-corrected chi connectivity index (χ3v) is 4.97. The van der Waals surface area contributed by atoms with Gasteiger partial charge in [-0.25, -0.2) is 9.59 Å². The van der Waals surface area contributed by atoms with Gasteiger partial charge in [-0.2, -0.15) is 11.8 Å². The average Bonchev–Trinajstić information content (AvgIpc) is 2.88. The first-order valence-electron chi connectivity index (χ1n) is 6.95. The molecule has 1 fully saturated rings.